The third kappa shape index (κ3) is 1.76. The first-order valence-corrected chi connectivity index (χ1v) is 3.43. The average molecular weight is 138 g/mol. The molecule has 0 saturated heterocycles. The normalized spacial score (nSPS) is 9.11. The van der Waals surface area contributed by atoms with Crippen LogP contribution < -0.4 is 5.46 Å². The molecule has 0 saturated carbocycles. The van der Waals surface area contributed by atoms with E-state index in [-0.39, 0.29) is 6.13 Å². The minimum atomic E-state index is 0.131. The van der Waals surface area contributed by atoms with E-state index in [1.54, 1.807) is 0 Å². The lowest BCUT2D eigenvalue weighted by molar-refractivity contribution is 1.76. The van der Waals surface area contributed by atoms with Gasteiger partial charge in [-0.3, -0.25) is 0 Å². The second kappa shape index (κ2) is 2.93. The fourth-order valence-electron chi connectivity index (χ4n) is 0.718. The number of hydrogen-bond donors (Lipinski definition) is 0. The van der Waals surface area contributed by atoms with Gasteiger partial charge in [-0.05, 0) is 0 Å². The van der Waals surface area contributed by atoms with Gasteiger partial charge in [0.1, 0.15) is 0 Å². The highest BCUT2D eigenvalue weighted by molar-refractivity contribution is 7.13. The van der Waals surface area contributed by atoms with Crippen molar-refractivity contribution in [3.8, 4) is 0 Å². The summed E-state index contributed by atoms with van der Waals surface area (Å²) in [5, 5.41) is 0. The maximum absolute atomic E-state index is 5.80. The number of rotatable bonds is 1. The lowest BCUT2D eigenvalue weighted by Gasteiger charge is -1.95. The zero-order chi connectivity index (χ0) is 6.69. The zero-order valence-electron chi connectivity index (χ0n) is 5.34. The second-order valence-electron chi connectivity index (χ2n) is 2.03. The largest absolute Gasteiger partial charge is 0.279 e. The Bertz CT molecular complexity index is 172. The molecular formula is C7H8BCl. The number of hydrogen-bond acceptors (Lipinski definition) is 0. The van der Waals surface area contributed by atoms with Gasteiger partial charge in [0.25, 0.3) is 6.13 Å². The lowest BCUT2D eigenvalue weighted by atomic mass is 9.71. The summed E-state index contributed by atoms with van der Waals surface area (Å²) in [7, 11) is 0. The van der Waals surface area contributed by atoms with Gasteiger partial charge in [0.15, 0.2) is 0 Å². The number of halogens is 1. The Hall–Kier alpha value is -0.425. The van der Waals surface area contributed by atoms with Crippen LogP contribution in [-0.2, 0) is 0 Å². The van der Waals surface area contributed by atoms with Crippen molar-refractivity contribution in [1.82, 2.24) is 0 Å². The van der Waals surface area contributed by atoms with E-state index in [1.807, 2.05) is 37.2 Å². The Labute approximate surface area is 60.8 Å². The van der Waals surface area contributed by atoms with Crippen LogP contribution in [0.3, 0.4) is 0 Å². The van der Waals surface area contributed by atoms with Crippen molar-refractivity contribution in [2.45, 2.75) is 6.82 Å². The van der Waals surface area contributed by atoms with E-state index in [2.05, 4.69) is 0 Å². The minimum Gasteiger partial charge on any atom is -0.189 e. The van der Waals surface area contributed by atoms with Gasteiger partial charge < -0.3 is 0 Å². The van der Waals surface area contributed by atoms with Crippen molar-refractivity contribution in [1.29, 1.82) is 0 Å². The monoisotopic (exact) mass is 138 g/mol. The summed E-state index contributed by atoms with van der Waals surface area (Å²) in [5.41, 5.74) is 1.18. The van der Waals surface area contributed by atoms with Gasteiger partial charge in [0.05, 0.1) is 0 Å². The van der Waals surface area contributed by atoms with Crippen LogP contribution in [0.1, 0.15) is 0 Å². The molecule has 0 amide bonds. The summed E-state index contributed by atoms with van der Waals surface area (Å²) in [4.78, 5) is 0. The number of benzene rings is 1. The summed E-state index contributed by atoms with van der Waals surface area (Å²) >= 11 is 5.80. The first-order valence-electron chi connectivity index (χ1n) is 2.99. The first kappa shape index (κ1) is 6.69. The van der Waals surface area contributed by atoms with Crippen molar-refractivity contribution in [2.24, 2.45) is 0 Å². The average Bonchev–Trinajstić information content (AvgIpc) is 1.90. The molecule has 0 bridgehead atoms. The van der Waals surface area contributed by atoms with Crippen LogP contribution in [0.15, 0.2) is 30.3 Å². The van der Waals surface area contributed by atoms with Crippen LogP contribution >= 0.6 is 11.5 Å². The van der Waals surface area contributed by atoms with Crippen molar-refractivity contribution >= 4 is 23.1 Å². The molecule has 46 valence electrons. The van der Waals surface area contributed by atoms with Crippen molar-refractivity contribution in [2.75, 3.05) is 0 Å². The van der Waals surface area contributed by atoms with Gasteiger partial charge in [-0.25, -0.2) is 0 Å². The van der Waals surface area contributed by atoms with Gasteiger partial charge in [-0.15, -0.1) is 0 Å². The van der Waals surface area contributed by atoms with E-state index >= 15 is 0 Å². The highest BCUT2D eigenvalue weighted by atomic mass is 35.5. The molecule has 0 N–H and O–H groups in total. The van der Waals surface area contributed by atoms with Crippen LogP contribution in [0, 0.1) is 0 Å². The topological polar surface area (TPSA) is 0 Å². The third-order valence-corrected chi connectivity index (χ3v) is 1.51. The molecule has 0 aliphatic rings. The SMILES string of the molecule is CB(Cl)c1ccccc1. The van der Waals surface area contributed by atoms with Gasteiger partial charge in [0, 0.05) is 0 Å². The fraction of sp³-hybridized carbons (Fsp3) is 0.143. The van der Waals surface area contributed by atoms with Gasteiger partial charge in [-0.1, -0.05) is 42.6 Å². The molecule has 0 fully saturated rings. The highest BCUT2D eigenvalue weighted by Gasteiger charge is 2.02. The molecule has 0 aliphatic carbocycles. The van der Waals surface area contributed by atoms with E-state index in [0.717, 1.165) is 0 Å². The van der Waals surface area contributed by atoms with Crippen molar-refractivity contribution < 1.29 is 0 Å². The quantitative estimate of drug-likeness (QED) is 0.519. The van der Waals surface area contributed by atoms with E-state index in [4.69, 9.17) is 11.5 Å². The van der Waals surface area contributed by atoms with E-state index < -0.39 is 0 Å². The van der Waals surface area contributed by atoms with Gasteiger partial charge in [0.2, 0.25) is 0 Å². The molecule has 1 aromatic carbocycles. The molecule has 9 heavy (non-hydrogen) atoms. The standard InChI is InChI=1S/C7H8BCl/c1-8(9)7-5-3-2-4-6-7/h2-6H,1H3. The Morgan fingerprint density at radius 2 is 1.78 bits per heavy atom. The molecule has 0 spiro atoms. The molecule has 0 atom stereocenters. The Balaban J connectivity index is 2.85. The Morgan fingerprint density at radius 1 is 1.22 bits per heavy atom. The van der Waals surface area contributed by atoms with Crippen LogP contribution in [0.25, 0.3) is 0 Å². The lowest BCUT2D eigenvalue weighted by Crippen LogP contribution is -2.18. The molecule has 1 rings (SSSR count). The Morgan fingerprint density at radius 3 is 2.11 bits per heavy atom. The van der Waals surface area contributed by atoms with Crippen LogP contribution in [0.4, 0.5) is 0 Å². The molecule has 0 nitrogen and oxygen atoms in total. The van der Waals surface area contributed by atoms with Gasteiger partial charge in [-0.2, -0.15) is 11.5 Å². The second-order valence-corrected chi connectivity index (χ2v) is 2.68. The predicted molar refractivity (Wildman–Crippen MR) is 43.5 cm³/mol. The van der Waals surface area contributed by atoms with E-state index in [0.29, 0.717) is 0 Å². The van der Waals surface area contributed by atoms with E-state index in [1.165, 1.54) is 5.46 Å². The van der Waals surface area contributed by atoms with Crippen molar-refractivity contribution in [3.63, 3.8) is 0 Å². The first-order chi connectivity index (χ1) is 4.30. The smallest absolute Gasteiger partial charge is 0.189 e. The zero-order valence-corrected chi connectivity index (χ0v) is 6.10. The molecule has 0 radical (unpaired) electrons. The molecule has 0 aromatic heterocycles. The van der Waals surface area contributed by atoms with Crippen LogP contribution in [-0.4, -0.2) is 6.13 Å². The molecule has 0 heterocycles. The third-order valence-electron chi connectivity index (χ3n) is 1.26. The van der Waals surface area contributed by atoms with Crippen molar-refractivity contribution in [3.05, 3.63) is 30.3 Å². The molecular weight excluding hydrogens is 130 g/mol. The molecule has 2 heteroatoms. The van der Waals surface area contributed by atoms with Crippen LogP contribution in [0.5, 0.6) is 0 Å². The summed E-state index contributed by atoms with van der Waals surface area (Å²) in [6.45, 7) is 1.97. The fourth-order valence-corrected chi connectivity index (χ4v) is 0.864. The predicted octanol–water partition coefficient (Wildman–Crippen LogP) is 1.75. The summed E-state index contributed by atoms with van der Waals surface area (Å²) in [6.07, 6.45) is 0.131. The van der Waals surface area contributed by atoms with Crippen LogP contribution in [0.2, 0.25) is 6.82 Å². The minimum absolute atomic E-state index is 0.131. The molecule has 0 aliphatic heterocycles. The maximum atomic E-state index is 5.80. The summed E-state index contributed by atoms with van der Waals surface area (Å²) in [5.74, 6) is 0. The molecule has 1 aromatic rings. The Kier molecular flexibility index (Phi) is 2.18. The van der Waals surface area contributed by atoms with Gasteiger partial charge >= 0.3 is 0 Å². The summed E-state index contributed by atoms with van der Waals surface area (Å²) < 4.78 is 0. The van der Waals surface area contributed by atoms with E-state index in [9.17, 15) is 0 Å². The highest BCUT2D eigenvalue weighted by Crippen LogP contribution is 1.90. The summed E-state index contributed by atoms with van der Waals surface area (Å²) in [6, 6.07) is 10.0. The molecule has 0 unspecified atom stereocenters. The maximum Gasteiger partial charge on any atom is 0.279 e.